The number of rotatable bonds is 4. The van der Waals surface area contributed by atoms with Crippen molar-refractivity contribution in [1.82, 2.24) is 5.32 Å². The summed E-state index contributed by atoms with van der Waals surface area (Å²) in [4.78, 5) is 3.09. The van der Waals surface area contributed by atoms with Gasteiger partial charge in [0, 0.05) is 15.3 Å². The normalized spacial score (nSPS) is 16.5. The van der Waals surface area contributed by atoms with Crippen molar-refractivity contribution in [3.05, 3.63) is 40.6 Å². The fourth-order valence-corrected chi connectivity index (χ4v) is 7.20. The van der Waals surface area contributed by atoms with Crippen LogP contribution in [0.4, 0.5) is 0 Å². The van der Waals surface area contributed by atoms with Gasteiger partial charge in [-0.3, -0.25) is 0 Å². The summed E-state index contributed by atoms with van der Waals surface area (Å²) in [5.41, 5.74) is 2.95. The summed E-state index contributed by atoms with van der Waals surface area (Å²) < 4.78 is 2.41. The zero-order chi connectivity index (χ0) is 14.8. The van der Waals surface area contributed by atoms with E-state index in [-0.39, 0.29) is 0 Å². The highest BCUT2D eigenvalue weighted by Gasteiger charge is 2.22. The smallest absolute Gasteiger partial charge is 0.0762 e. The van der Waals surface area contributed by atoms with Crippen LogP contribution in [0.2, 0.25) is 0 Å². The topological polar surface area (TPSA) is 12.0 Å². The summed E-state index contributed by atoms with van der Waals surface area (Å²) in [6.07, 6.45) is 6.62. The van der Waals surface area contributed by atoms with Gasteiger partial charge in [0.15, 0.2) is 0 Å². The van der Waals surface area contributed by atoms with E-state index in [2.05, 4.69) is 56.2 Å². The van der Waals surface area contributed by atoms with E-state index in [0.29, 0.717) is 6.04 Å². The Labute approximate surface area is 151 Å². The Hall–Kier alpha value is 0.320. The molecule has 2 aromatic heterocycles. The lowest BCUT2D eigenvalue weighted by molar-refractivity contribution is 0.638. The lowest BCUT2D eigenvalue weighted by atomic mass is 10.1. The van der Waals surface area contributed by atoms with E-state index in [4.69, 9.17) is 0 Å². The van der Waals surface area contributed by atoms with Crippen molar-refractivity contribution in [2.75, 3.05) is 6.54 Å². The second-order valence-electron chi connectivity index (χ2n) is 5.43. The number of aryl methyl sites for hydroxylation is 2. The number of hydrogen-bond acceptors (Lipinski definition) is 3. The molecule has 0 radical (unpaired) electrons. The molecule has 1 unspecified atom stereocenters. The van der Waals surface area contributed by atoms with Crippen molar-refractivity contribution >= 4 is 54.5 Å². The minimum atomic E-state index is 0.309. The summed E-state index contributed by atoms with van der Waals surface area (Å²) >= 11 is 11.1. The molecule has 1 aliphatic rings. The van der Waals surface area contributed by atoms with Crippen molar-refractivity contribution < 1.29 is 0 Å². The van der Waals surface area contributed by atoms with E-state index in [0.717, 1.165) is 6.54 Å². The van der Waals surface area contributed by atoms with Gasteiger partial charge in [-0.15, -0.1) is 22.7 Å². The number of fused-ring (bicyclic) bond motifs is 1. The average molecular weight is 449 g/mol. The molecule has 0 saturated heterocycles. The zero-order valence-electron chi connectivity index (χ0n) is 12.0. The highest BCUT2D eigenvalue weighted by molar-refractivity contribution is 9.12. The van der Waals surface area contributed by atoms with Crippen LogP contribution in [0.25, 0.3) is 0 Å². The third-order valence-corrected chi connectivity index (χ3v) is 7.64. The molecular weight excluding hydrogens is 430 g/mol. The van der Waals surface area contributed by atoms with Crippen LogP contribution in [0.1, 0.15) is 53.1 Å². The average Bonchev–Trinajstić information content (AvgIpc) is 2.92. The highest BCUT2D eigenvalue weighted by Crippen LogP contribution is 2.41. The van der Waals surface area contributed by atoms with E-state index in [1.54, 1.807) is 21.8 Å². The van der Waals surface area contributed by atoms with Crippen LogP contribution < -0.4 is 5.32 Å². The maximum Gasteiger partial charge on any atom is 0.0762 e. The van der Waals surface area contributed by atoms with Crippen LogP contribution in [0.15, 0.2) is 19.7 Å². The van der Waals surface area contributed by atoms with E-state index in [1.807, 2.05) is 11.3 Å². The Bertz CT molecular complexity index is 594. The first kappa shape index (κ1) is 16.2. The monoisotopic (exact) mass is 447 g/mol. The van der Waals surface area contributed by atoms with E-state index in [9.17, 15) is 0 Å². The summed E-state index contributed by atoms with van der Waals surface area (Å²) in [5.74, 6) is 0. The van der Waals surface area contributed by atoms with Crippen LogP contribution in [0.3, 0.4) is 0 Å². The molecule has 1 N–H and O–H groups in total. The fraction of sp³-hybridized carbons (Fsp3) is 0.500. The van der Waals surface area contributed by atoms with Crippen LogP contribution in [0, 0.1) is 0 Å². The summed E-state index contributed by atoms with van der Waals surface area (Å²) in [6.45, 7) is 3.16. The molecule has 5 heteroatoms. The van der Waals surface area contributed by atoms with Crippen LogP contribution >= 0.6 is 54.5 Å². The number of nitrogens with one attached hydrogen (secondary N) is 1. The predicted octanol–water partition coefficient (Wildman–Crippen LogP) is 6.30. The number of thiophene rings is 2. The van der Waals surface area contributed by atoms with Crippen LogP contribution in [-0.4, -0.2) is 6.54 Å². The molecule has 0 saturated carbocycles. The lowest BCUT2D eigenvalue weighted by Crippen LogP contribution is -2.20. The molecule has 0 bridgehead atoms. The molecule has 0 amide bonds. The van der Waals surface area contributed by atoms with E-state index >= 15 is 0 Å². The fourth-order valence-electron chi connectivity index (χ4n) is 2.95. The molecule has 0 aromatic carbocycles. The summed E-state index contributed by atoms with van der Waals surface area (Å²) in [7, 11) is 0. The first-order valence-electron chi connectivity index (χ1n) is 7.48. The van der Waals surface area contributed by atoms with Crippen LogP contribution in [-0.2, 0) is 12.8 Å². The lowest BCUT2D eigenvalue weighted by Gasteiger charge is -2.16. The van der Waals surface area contributed by atoms with Crippen molar-refractivity contribution in [1.29, 1.82) is 0 Å². The molecule has 2 aromatic rings. The molecule has 21 heavy (non-hydrogen) atoms. The quantitative estimate of drug-likeness (QED) is 0.540. The maximum absolute atomic E-state index is 3.72. The summed E-state index contributed by atoms with van der Waals surface area (Å²) in [5, 5.41) is 3.66. The third kappa shape index (κ3) is 3.63. The standard InChI is InChI=1S/C16H19Br2NS2/c1-2-19-15(11-9-14(17)21-16(11)18)13-8-10-6-4-3-5-7-12(10)20-13/h8-9,15,19H,2-7H2,1H3. The van der Waals surface area contributed by atoms with Gasteiger partial charge in [-0.1, -0.05) is 13.3 Å². The first-order chi connectivity index (χ1) is 10.2. The Kier molecular flexibility index (Phi) is 5.60. The van der Waals surface area contributed by atoms with Gasteiger partial charge < -0.3 is 5.32 Å². The maximum atomic E-state index is 3.72. The molecule has 0 fully saturated rings. The molecule has 1 aliphatic carbocycles. The zero-order valence-corrected chi connectivity index (χ0v) is 16.9. The second-order valence-corrected chi connectivity index (χ2v) is 10.3. The first-order valence-corrected chi connectivity index (χ1v) is 10.7. The van der Waals surface area contributed by atoms with Crippen molar-refractivity contribution in [3.63, 3.8) is 0 Å². The largest absolute Gasteiger partial charge is 0.306 e. The minimum Gasteiger partial charge on any atom is -0.306 e. The van der Waals surface area contributed by atoms with Crippen molar-refractivity contribution in [2.24, 2.45) is 0 Å². The predicted molar refractivity (Wildman–Crippen MR) is 101 cm³/mol. The highest BCUT2D eigenvalue weighted by atomic mass is 79.9. The van der Waals surface area contributed by atoms with E-state index < -0.39 is 0 Å². The van der Waals surface area contributed by atoms with Crippen molar-refractivity contribution in [2.45, 2.75) is 45.1 Å². The van der Waals surface area contributed by atoms with Gasteiger partial charge in [0.05, 0.1) is 13.6 Å². The summed E-state index contributed by atoms with van der Waals surface area (Å²) in [6, 6.07) is 5.01. The Morgan fingerprint density at radius 1 is 1.14 bits per heavy atom. The van der Waals surface area contributed by atoms with Gasteiger partial charge in [-0.2, -0.15) is 0 Å². The Morgan fingerprint density at radius 3 is 2.67 bits per heavy atom. The van der Waals surface area contributed by atoms with Gasteiger partial charge in [0.1, 0.15) is 0 Å². The Balaban J connectivity index is 1.96. The molecule has 0 aliphatic heterocycles. The molecule has 3 rings (SSSR count). The second kappa shape index (κ2) is 7.26. The van der Waals surface area contributed by atoms with Crippen molar-refractivity contribution in [3.8, 4) is 0 Å². The van der Waals surface area contributed by atoms with Crippen LogP contribution in [0.5, 0.6) is 0 Å². The molecular formula is C16H19Br2NS2. The Morgan fingerprint density at radius 2 is 1.95 bits per heavy atom. The molecule has 1 atom stereocenters. The molecule has 2 heterocycles. The molecule has 114 valence electrons. The minimum absolute atomic E-state index is 0.309. The van der Waals surface area contributed by atoms with Gasteiger partial charge >= 0.3 is 0 Å². The molecule has 1 nitrogen and oxygen atoms in total. The van der Waals surface area contributed by atoms with E-state index in [1.165, 1.54) is 50.1 Å². The SMILES string of the molecule is CCNC(c1cc2c(s1)CCCCC2)c1cc(Br)sc1Br. The third-order valence-electron chi connectivity index (χ3n) is 3.95. The number of hydrogen-bond donors (Lipinski definition) is 1. The van der Waals surface area contributed by atoms with Gasteiger partial charge in [0.2, 0.25) is 0 Å². The number of halogens is 2. The molecule has 0 spiro atoms. The van der Waals surface area contributed by atoms with Gasteiger partial charge in [0.25, 0.3) is 0 Å². The van der Waals surface area contributed by atoms with Gasteiger partial charge in [-0.25, -0.2) is 0 Å². The van der Waals surface area contributed by atoms with Gasteiger partial charge in [-0.05, 0) is 81.8 Å².